The van der Waals surface area contributed by atoms with Crippen LogP contribution in [0.15, 0.2) is 0 Å². The number of aliphatic hydroxyl groups excluding tert-OH is 1. The molecule has 17 heavy (non-hydrogen) atoms. The van der Waals surface area contributed by atoms with Gasteiger partial charge in [0.05, 0.1) is 6.10 Å². The van der Waals surface area contributed by atoms with Crippen LogP contribution in [0.1, 0.15) is 58.8 Å². The monoisotopic (exact) mass is 246 g/mol. The molecule has 0 aliphatic rings. The average molecular weight is 246 g/mol. The Kier molecular flexibility index (Phi) is 17.0. The van der Waals surface area contributed by atoms with Crippen LogP contribution >= 0.6 is 0 Å². The fraction of sp³-hybridized carbons (Fsp3) is 0.923. The van der Waals surface area contributed by atoms with E-state index in [1.54, 1.807) is 7.05 Å². The van der Waals surface area contributed by atoms with Gasteiger partial charge in [-0.15, -0.1) is 0 Å². The van der Waals surface area contributed by atoms with E-state index in [1.165, 1.54) is 6.92 Å². The highest BCUT2D eigenvalue weighted by Crippen LogP contribution is 2.09. The minimum atomic E-state index is -0.358. The normalized spacial score (nSPS) is 11.4. The zero-order valence-electron chi connectivity index (χ0n) is 11.5. The third kappa shape index (κ3) is 21.3. The Morgan fingerprint density at radius 2 is 1.71 bits per heavy atom. The molecule has 0 fully saturated rings. The smallest absolute Gasteiger partial charge is 0.216 e. The standard InChI is InChI=1S/C10H21O2.C3H7NO/c1-2-3-7-10(12)8-5-4-6-9-11;1-3(5)4-2/h10-11H,2-9H2,1H3;1-2H3,(H,4,5). The highest BCUT2D eigenvalue weighted by atomic mass is 16.3. The van der Waals surface area contributed by atoms with Crippen molar-refractivity contribution >= 4 is 5.91 Å². The van der Waals surface area contributed by atoms with Crippen LogP contribution in [0.2, 0.25) is 0 Å². The minimum Gasteiger partial charge on any atom is -0.396 e. The molecule has 0 aromatic rings. The number of carbonyl (C=O) groups is 1. The summed E-state index contributed by atoms with van der Waals surface area (Å²) in [5, 5.41) is 22.1. The molecule has 0 aliphatic carbocycles. The summed E-state index contributed by atoms with van der Waals surface area (Å²) < 4.78 is 0. The Bertz CT molecular complexity index is 163. The summed E-state index contributed by atoms with van der Waals surface area (Å²) in [6.07, 6.45) is 6.28. The van der Waals surface area contributed by atoms with Gasteiger partial charge in [-0.1, -0.05) is 32.6 Å². The maximum absolute atomic E-state index is 11.2. The maximum Gasteiger partial charge on any atom is 0.216 e. The molecule has 4 nitrogen and oxygen atoms in total. The summed E-state index contributed by atoms with van der Waals surface area (Å²) in [6.45, 7) is 3.84. The van der Waals surface area contributed by atoms with Crippen molar-refractivity contribution in [3.8, 4) is 0 Å². The zero-order chi connectivity index (χ0) is 13.5. The van der Waals surface area contributed by atoms with E-state index in [0.717, 1.165) is 44.9 Å². The lowest BCUT2D eigenvalue weighted by Gasteiger charge is -2.06. The number of unbranched alkanes of at least 4 members (excludes halogenated alkanes) is 3. The topological polar surface area (TPSA) is 69.2 Å². The van der Waals surface area contributed by atoms with Gasteiger partial charge in [0.1, 0.15) is 0 Å². The lowest BCUT2D eigenvalue weighted by Crippen LogP contribution is -2.11. The van der Waals surface area contributed by atoms with E-state index >= 15 is 0 Å². The Hall–Kier alpha value is -0.610. The SMILES string of the molecule is CCCCC([O])CCCCCO.CNC(C)=O. The number of carbonyl (C=O) groups excluding carboxylic acids is 1. The highest BCUT2D eigenvalue weighted by molar-refractivity contribution is 5.72. The maximum atomic E-state index is 11.2. The summed E-state index contributed by atoms with van der Waals surface area (Å²) in [7, 11) is 1.60. The van der Waals surface area contributed by atoms with Crippen LogP contribution < -0.4 is 5.32 Å². The van der Waals surface area contributed by atoms with E-state index in [0.29, 0.717) is 0 Å². The largest absolute Gasteiger partial charge is 0.396 e. The Morgan fingerprint density at radius 3 is 2.12 bits per heavy atom. The van der Waals surface area contributed by atoms with E-state index in [1.807, 2.05) is 0 Å². The first-order chi connectivity index (χ1) is 8.08. The number of hydrogen-bond donors (Lipinski definition) is 2. The van der Waals surface area contributed by atoms with E-state index in [4.69, 9.17) is 5.11 Å². The number of aliphatic hydroxyl groups is 1. The first kappa shape index (κ1) is 18.7. The van der Waals surface area contributed by atoms with E-state index in [9.17, 15) is 9.90 Å². The zero-order valence-corrected chi connectivity index (χ0v) is 11.5. The van der Waals surface area contributed by atoms with Crippen molar-refractivity contribution in [3.05, 3.63) is 0 Å². The third-order valence-electron chi connectivity index (χ3n) is 2.42. The molecule has 0 aliphatic heterocycles. The van der Waals surface area contributed by atoms with E-state index < -0.39 is 0 Å². The van der Waals surface area contributed by atoms with Gasteiger partial charge in [-0.05, 0) is 19.3 Å². The highest BCUT2D eigenvalue weighted by Gasteiger charge is 2.03. The van der Waals surface area contributed by atoms with Crippen molar-refractivity contribution in [2.24, 2.45) is 0 Å². The molecule has 0 bridgehead atoms. The van der Waals surface area contributed by atoms with Crippen LogP contribution in [0.5, 0.6) is 0 Å². The van der Waals surface area contributed by atoms with Crippen molar-refractivity contribution in [1.29, 1.82) is 0 Å². The first-order valence-electron chi connectivity index (χ1n) is 6.53. The Balaban J connectivity index is 0. The quantitative estimate of drug-likeness (QED) is 0.645. The molecule has 0 saturated carbocycles. The minimum absolute atomic E-state index is 0.00463. The molecule has 1 amide bonds. The molecule has 0 saturated heterocycles. The lowest BCUT2D eigenvalue weighted by atomic mass is 10.1. The van der Waals surface area contributed by atoms with Gasteiger partial charge in [-0.2, -0.15) is 0 Å². The van der Waals surface area contributed by atoms with Crippen molar-refractivity contribution in [2.45, 2.75) is 64.9 Å². The molecule has 1 radical (unpaired) electrons. The van der Waals surface area contributed by atoms with Crippen molar-refractivity contribution in [1.82, 2.24) is 5.32 Å². The van der Waals surface area contributed by atoms with Gasteiger partial charge in [0.25, 0.3) is 0 Å². The van der Waals surface area contributed by atoms with Gasteiger partial charge in [0.15, 0.2) is 0 Å². The number of nitrogens with one attached hydrogen (secondary N) is 1. The number of rotatable bonds is 8. The molecule has 1 atom stereocenters. The van der Waals surface area contributed by atoms with Crippen LogP contribution in [0.3, 0.4) is 0 Å². The molecule has 0 rings (SSSR count). The molecule has 0 aromatic carbocycles. The molecule has 4 heteroatoms. The molecule has 1 unspecified atom stereocenters. The predicted octanol–water partition coefficient (Wildman–Crippen LogP) is 2.28. The molecular formula is C13H28NO3. The second kappa shape index (κ2) is 15.4. The molecule has 2 N–H and O–H groups in total. The van der Waals surface area contributed by atoms with Crippen LogP contribution in [0, 0.1) is 0 Å². The summed E-state index contributed by atoms with van der Waals surface area (Å²) in [6, 6.07) is 0. The van der Waals surface area contributed by atoms with Gasteiger partial charge in [-0.25, -0.2) is 5.11 Å². The Labute approximate surface area is 105 Å². The molecular weight excluding hydrogens is 218 g/mol. The van der Waals surface area contributed by atoms with E-state index in [-0.39, 0.29) is 18.6 Å². The first-order valence-corrected chi connectivity index (χ1v) is 6.53. The predicted molar refractivity (Wildman–Crippen MR) is 69.3 cm³/mol. The summed E-state index contributed by atoms with van der Waals surface area (Å²) in [4.78, 5) is 9.70. The van der Waals surface area contributed by atoms with Gasteiger partial charge >= 0.3 is 0 Å². The summed E-state index contributed by atoms with van der Waals surface area (Å²) in [5.41, 5.74) is 0. The van der Waals surface area contributed by atoms with Crippen LogP contribution in [-0.2, 0) is 9.90 Å². The van der Waals surface area contributed by atoms with E-state index in [2.05, 4.69) is 12.2 Å². The molecule has 0 aromatic heterocycles. The number of amides is 1. The summed E-state index contributed by atoms with van der Waals surface area (Å²) in [5.74, 6) is 0.00463. The van der Waals surface area contributed by atoms with Crippen molar-refractivity contribution < 1.29 is 15.0 Å². The van der Waals surface area contributed by atoms with Gasteiger partial charge < -0.3 is 10.4 Å². The molecule has 0 heterocycles. The van der Waals surface area contributed by atoms with Gasteiger partial charge in [0.2, 0.25) is 5.91 Å². The fourth-order valence-electron chi connectivity index (χ4n) is 1.24. The van der Waals surface area contributed by atoms with Crippen LogP contribution in [-0.4, -0.2) is 30.8 Å². The molecule has 0 spiro atoms. The van der Waals surface area contributed by atoms with Gasteiger partial charge in [0, 0.05) is 20.6 Å². The van der Waals surface area contributed by atoms with Crippen LogP contribution in [0.25, 0.3) is 0 Å². The molecule has 103 valence electrons. The number of hydrogen-bond acceptors (Lipinski definition) is 2. The lowest BCUT2D eigenvalue weighted by molar-refractivity contribution is -0.118. The van der Waals surface area contributed by atoms with Crippen LogP contribution in [0.4, 0.5) is 0 Å². The Morgan fingerprint density at radius 1 is 1.18 bits per heavy atom. The van der Waals surface area contributed by atoms with Crippen molar-refractivity contribution in [3.63, 3.8) is 0 Å². The third-order valence-corrected chi connectivity index (χ3v) is 2.42. The van der Waals surface area contributed by atoms with Gasteiger partial charge in [-0.3, -0.25) is 4.79 Å². The fourth-order valence-corrected chi connectivity index (χ4v) is 1.24. The second-order valence-corrected chi connectivity index (χ2v) is 4.14. The summed E-state index contributed by atoms with van der Waals surface area (Å²) >= 11 is 0. The van der Waals surface area contributed by atoms with Crippen molar-refractivity contribution in [2.75, 3.05) is 13.7 Å². The average Bonchev–Trinajstić information content (AvgIpc) is 2.32. The second-order valence-electron chi connectivity index (χ2n) is 4.14.